The molecule has 0 bridgehead atoms. The van der Waals surface area contributed by atoms with Gasteiger partial charge in [-0.05, 0) is 37.0 Å². The Kier molecular flexibility index (Phi) is 2.93. The third kappa shape index (κ3) is 2.18. The molecule has 0 saturated heterocycles. The Morgan fingerprint density at radius 1 is 1.44 bits per heavy atom. The summed E-state index contributed by atoms with van der Waals surface area (Å²) in [4.78, 5) is 4.41. The first-order valence-corrected chi connectivity index (χ1v) is 7.09. The van der Waals surface area contributed by atoms with Crippen LogP contribution >= 0.6 is 0 Å². The summed E-state index contributed by atoms with van der Waals surface area (Å²) < 4.78 is 2.02. The molecular formula is C14H23N3O. The third-order valence-corrected chi connectivity index (χ3v) is 4.56. The molecule has 2 saturated carbocycles. The summed E-state index contributed by atoms with van der Waals surface area (Å²) in [6, 6.07) is 0. The summed E-state index contributed by atoms with van der Waals surface area (Å²) in [6.45, 7) is 5.61. The molecule has 1 aromatic heterocycles. The highest BCUT2D eigenvalue weighted by Gasteiger charge is 2.53. The average Bonchev–Trinajstić information content (AvgIpc) is 2.73. The molecule has 0 spiro atoms. The molecule has 2 fully saturated rings. The quantitative estimate of drug-likeness (QED) is 0.867. The van der Waals surface area contributed by atoms with Gasteiger partial charge in [0.1, 0.15) is 12.2 Å². The summed E-state index contributed by atoms with van der Waals surface area (Å²) in [7, 11) is 0. The first-order valence-electron chi connectivity index (χ1n) is 7.09. The Bertz CT molecular complexity index is 416. The van der Waals surface area contributed by atoms with Crippen molar-refractivity contribution in [1.29, 1.82) is 0 Å². The molecule has 2 aliphatic rings. The Morgan fingerprint density at radius 3 is 2.78 bits per heavy atom. The number of nitrogens with zero attached hydrogens (tertiary/aromatic N) is 3. The lowest BCUT2D eigenvalue weighted by molar-refractivity contribution is 0.113. The lowest BCUT2D eigenvalue weighted by Gasteiger charge is -2.28. The number of aliphatic hydroxyl groups excluding tert-OH is 1. The monoisotopic (exact) mass is 249 g/mol. The van der Waals surface area contributed by atoms with Gasteiger partial charge in [-0.3, -0.25) is 0 Å². The molecule has 0 radical (unpaired) electrons. The van der Waals surface area contributed by atoms with E-state index in [0.29, 0.717) is 12.5 Å². The second-order valence-corrected chi connectivity index (χ2v) is 6.75. The van der Waals surface area contributed by atoms with Crippen LogP contribution in [0.25, 0.3) is 0 Å². The fraction of sp³-hybridized carbons (Fsp3) is 0.857. The van der Waals surface area contributed by atoms with Gasteiger partial charge in [-0.2, -0.15) is 5.10 Å². The molecule has 4 heteroatoms. The second-order valence-electron chi connectivity index (χ2n) is 6.75. The third-order valence-electron chi connectivity index (χ3n) is 4.56. The van der Waals surface area contributed by atoms with Crippen LogP contribution in [-0.2, 0) is 13.0 Å². The van der Waals surface area contributed by atoms with Crippen molar-refractivity contribution in [2.24, 2.45) is 23.2 Å². The van der Waals surface area contributed by atoms with E-state index in [4.69, 9.17) is 0 Å². The highest BCUT2D eigenvalue weighted by molar-refractivity contribution is 5.07. The van der Waals surface area contributed by atoms with Crippen molar-refractivity contribution < 1.29 is 5.11 Å². The van der Waals surface area contributed by atoms with Crippen LogP contribution in [0.1, 0.15) is 38.9 Å². The van der Waals surface area contributed by atoms with E-state index in [1.807, 2.05) is 4.68 Å². The predicted molar refractivity (Wildman–Crippen MR) is 68.9 cm³/mol. The smallest absolute Gasteiger partial charge is 0.138 e. The average molecular weight is 249 g/mol. The number of hydrogen-bond acceptors (Lipinski definition) is 3. The molecule has 0 aliphatic heterocycles. The Labute approximate surface area is 108 Å². The summed E-state index contributed by atoms with van der Waals surface area (Å²) in [5, 5.41) is 14.1. The molecule has 2 atom stereocenters. The molecule has 3 rings (SSSR count). The van der Waals surface area contributed by atoms with Crippen molar-refractivity contribution in [3.8, 4) is 0 Å². The first kappa shape index (κ1) is 12.2. The highest BCUT2D eigenvalue weighted by atomic mass is 16.3. The van der Waals surface area contributed by atoms with Gasteiger partial charge in [-0.1, -0.05) is 13.8 Å². The molecule has 18 heavy (non-hydrogen) atoms. The minimum absolute atomic E-state index is 0.0926. The SMILES string of the molecule is CC(C)Cn1ncnc1CC1(CO)CC2CC2C1. The Hall–Kier alpha value is -0.900. The van der Waals surface area contributed by atoms with E-state index in [1.54, 1.807) is 6.33 Å². The number of aliphatic hydroxyl groups is 1. The van der Waals surface area contributed by atoms with Gasteiger partial charge in [0.05, 0.1) is 0 Å². The zero-order valence-electron chi connectivity index (χ0n) is 11.3. The van der Waals surface area contributed by atoms with Crippen molar-refractivity contribution in [2.75, 3.05) is 6.61 Å². The maximum atomic E-state index is 9.77. The van der Waals surface area contributed by atoms with Crippen molar-refractivity contribution >= 4 is 0 Å². The van der Waals surface area contributed by atoms with Gasteiger partial charge in [0.15, 0.2) is 0 Å². The number of hydrogen-bond donors (Lipinski definition) is 1. The summed E-state index contributed by atoms with van der Waals surface area (Å²) >= 11 is 0. The van der Waals surface area contributed by atoms with Crippen LogP contribution in [0.3, 0.4) is 0 Å². The first-order chi connectivity index (χ1) is 8.62. The van der Waals surface area contributed by atoms with Crippen LogP contribution in [0.4, 0.5) is 0 Å². The van der Waals surface area contributed by atoms with Gasteiger partial charge in [0, 0.05) is 25.0 Å². The lowest BCUT2D eigenvalue weighted by Crippen LogP contribution is -2.28. The maximum absolute atomic E-state index is 9.77. The molecule has 1 heterocycles. The van der Waals surface area contributed by atoms with E-state index < -0.39 is 0 Å². The van der Waals surface area contributed by atoms with Crippen LogP contribution in [0.2, 0.25) is 0 Å². The standard InChI is InChI=1S/C14H23N3O/c1-10(2)7-17-13(15-9-16-17)6-14(8-18)4-11-3-12(11)5-14/h9-12,18H,3-8H2,1-2H3. The van der Waals surface area contributed by atoms with E-state index in [-0.39, 0.29) is 5.41 Å². The minimum atomic E-state index is 0.0926. The van der Waals surface area contributed by atoms with Gasteiger partial charge in [0.25, 0.3) is 0 Å². The fourth-order valence-electron chi connectivity index (χ4n) is 3.59. The topological polar surface area (TPSA) is 50.9 Å². The van der Waals surface area contributed by atoms with Crippen molar-refractivity contribution in [1.82, 2.24) is 14.8 Å². The maximum Gasteiger partial charge on any atom is 0.138 e. The van der Waals surface area contributed by atoms with Crippen LogP contribution in [0.5, 0.6) is 0 Å². The molecule has 2 aliphatic carbocycles. The van der Waals surface area contributed by atoms with E-state index in [2.05, 4.69) is 23.9 Å². The molecule has 0 aromatic carbocycles. The highest BCUT2D eigenvalue weighted by Crippen LogP contribution is 2.60. The fourth-order valence-corrected chi connectivity index (χ4v) is 3.59. The normalized spacial score (nSPS) is 34.0. The number of aromatic nitrogens is 3. The van der Waals surface area contributed by atoms with Gasteiger partial charge >= 0.3 is 0 Å². The van der Waals surface area contributed by atoms with Gasteiger partial charge in [0.2, 0.25) is 0 Å². The molecule has 2 unspecified atom stereocenters. The molecule has 100 valence electrons. The molecule has 0 amide bonds. The van der Waals surface area contributed by atoms with Crippen LogP contribution in [0, 0.1) is 23.2 Å². The van der Waals surface area contributed by atoms with Crippen molar-refractivity contribution in [2.45, 2.75) is 46.1 Å². The summed E-state index contributed by atoms with van der Waals surface area (Å²) in [5.41, 5.74) is 0.0926. The lowest BCUT2D eigenvalue weighted by atomic mass is 9.80. The summed E-state index contributed by atoms with van der Waals surface area (Å²) in [5.74, 6) is 3.41. The summed E-state index contributed by atoms with van der Waals surface area (Å²) in [6.07, 6.45) is 6.30. The van der Waals surface area contributed by atoms with Crippen LogP contribution in [-0.4, -0.2) is 26.5 Å². The van der Waals surface area contributed by atoms with Crippen LogP contribution in [0.15, 0.2) is 6.33 Å². The Balaban J connectivity index is 1.73. The van der Waals surface area contributed by atoms with Crippen molar-refractivity contribution in [3.05, 3.63) is 12.2 Å². The van der Waals surface area contributed by atoms with Gasteiger partial charge in [-0.15, -0.1) is 0 Å². The zero-order chi connectivity index (χ0) is 12.8. The second kappa shape index (κ2) is 4.34. The number of fused-ring (bicyclic) bond motifs is 1. The number of rotatable bonds is 5. The zero-order valence-corrected chi connectivity index (χ0v) is 11.3. The minimum Gasteiger partial charge on any atom is -0.396 e. The molecular weight excluding hydrogens is 226 g/mol. The van der Waals surface area contributed by atoms with E-state index in [9.17, 15) is 5.11 Å². The van der Waals surface area contributed by atoms with Crippen molar-refractivity contribution in [3.63, 3.8) is 0 Å². The molecule has 1 N–H and O–H groups in total. The van der Waals surface area contributed by atoms with E-state index in [0.717, 1.165) is 30.6 Å². The van der Waals surface area contributed by atoms with E-state index >= 15 is 0 Å². The largest absolute Gasteiger partial charge is 0.396 e. The van der Waals surface area contributed by atoms with Crippen LogP contribution < -0.4 is 0 Å². The Morgan fingerprint density at radius 2 is 2.17 bits per heavy atom. The van der Waals surface area contributed by atoms with Gasteiger partial charge < -0.3 is 5.11 Å². The predicted octanol–water partition coefficient (Wildman–Crippen LogP) is 1.89. The van der Waals surface area contributed by atoms with Gasteiger partial charge in [-0.25, -0.2) is 9.67 Å². The van der Waals surface area contributed by atoms with E-state index in [1.165, 1.54) is 19.3 Å². The molecule has 1 aromatic rings. The molecule has 4 nitrogen and oxygen atoms in total.